The summed E-state index contributed by atoms with van der Waals surface area (Å²) in [7, 11) is 5.89. The summed E-state index contributed by atoms with van der Waals surface area (Å²) in [6.07, 6.45) is 3.57. The molecule has 21 heavy (non-hydrogen) atoms. The predicted molar refractivity (Wildman–Crippen MR) is 92.3 cm³/mol. The van der Waals surface area contributed by atoms with Crippen LogP contribution in [0.2, 0.25) is 0 Å². The molecule has 1 unspecified atom stereocenters. The normalized spacial score (nSPS) is 17.6. The molecule has 1 aliphatic carbocycles. The van der Waals surface area contributed by atoms with Crippen LogP contribution in [0.15, 0.2) is 22.7 Å². The van der Waals surface area contributed by atoms with Gasteiger partial charge in [-0.3, -0.25) is 0 Å². The molecule has 0 saturated carbocycles. The van der Waals surface area contributed by atoms with E-state index in [1.165, 1.54) is 21.8 Å². The fourth-order valence-electron chi connectivity index (χ4n) is 2.73. The summed E-state index contributed by atoms with van der Waals surface area (Å²) in [4.78, 5) is 8.25. The molecular weight excluding hydrogens is 348 g/mol. The highest BCUT2D eigenvalue weighted by Crippen LogP contribution is 2.40. The third-order valence-corrected chi connectivity index (χ3v) is 5.73. The molecule has 2 aromatic rings. The van der Waals surface area contributed by atoms with Gasteiger partial charge < -0.3 is 9.64 Å². The molecule has 0 fully saturated rings. The Hall–Kier alpha value is -0.910. The zero-order valence-electron chi connectivity index (χ0n) is 12.5. The molecule has 1 aromatic heterocycles. The number of ether oxygens (including phenoxy) is 1. The molecule has 112 valence electrons. The molecule has 0 saturated heterocycles. The summed E-state index contributed by atoms with van der Waals surface area (Å²) in [5.41, 5.74) is 3.57. The molecule has 0 radical (unpaired) electrons. The summed E-state index contributed by atoms with van der Waals surface area (Å²) in [5.74, 6) is 0. The van der Waals surface area contributed by atoms with Gasteiger partial charge in [-0.05, 0) is 53.4 Å². The van der Waals surface area contributed by atoms with E-state index in [4.69, 9.17) is 9.72 Å². The molecule has 1 atom stereocenters. The van der Waals surface area contributed by atoms with E-state index in [0.29, 0.717) is 0 Å². The topological polar surface area (TPSA) is 25.4 Å². The maximum Gasteiger partial charge on any atom is 0.124 e. The summed E-state index contributed by atoms with van der Waals surface area (Å²) < 4.78 is 6.69. The highest BCUT2D eigenvalue weighted by molar-refractivity contribution is 9.10. The lowest BCUT2D eigenvalue weighted by Gasteiger charge is -2.19. The van der Waals surface area contributed by atoms with Crippen molar-refractivity contribution in [3.8, 4) is 10.6 Å². The molecule has 1 aliphatic rings. The van der Waals surface area contributed by atoms with Crippen molar-refractivity contribution in [1.82, 2.24) is 4.98 Å². The Labute approximate surface area is 138 Å². The van der Waals surface area contributed by atoms with E-state index in [1.807, 2.05) is 14.1 Å². The number of benzene rings is 1. The lowest BCUT2D eigenvalue weighted by atomic mass is 10.0. The molecule has 0 amide bonds. The average molecular weight is 367 g/mol. The Morgan fingerprint density at radius 1 is 1.38 bits per heavy atom. The molecule has 0 bridgehead atoms. The number of aromatic nitrogens is 1. The van der Waals surface area contributed by atoms with Crippen molar-refractivity contribution in [3.63, 3.8) is 0 Å². The molecule has 0 aliphatic heterocycles. The Morgan fingerprint density at radius 3 is 2.86 bits per heavy atom. The first-order valence-electron chi connectivity index (χ1n) is 7.09. The molecule has 3 nitrogen and oxygen atoms in total. The third kappa shape index (κ3) is 2.87. The fraction of sp³-hybridized carbons (Fsp3) is 0.438. The summed E-state index contributed by atoms with van der Waals surface area (Å²) in [5, 5.41) is 1.09. The smallest absolute Gasteiger partial charge is 0.124 e. The van der Waals surface area contributed by atoms with Crippen molar-refractivity contribution < 1.29 is 4.74 Å². The number of hydrogen-bond donors (Lipinski definition) is 0. The van der Waals surface area contributed by atoms with Gasteiger partial charge in [-0.2, -0.15) is 0 Å². The van der Waals surface area contributed by atoms with E-state index in [0.717, 1.165) is 28.7 Å². The van der Waals surface area contributed by atoms with Crippen LogP contribution in [0, 0.1) is 0 Å². The van der Waals surface area contributed by atoms with Gasteiger partial charge in [0.15, 0.2) is 0 Å². The highest BCUT2D eigenvalue weighted by atomic mass is 79.9. The first kappa shape index (κ1) is 15.0. The van der Waals surface area contributed by atoms with Crippen LogP contribution in [0.1, 0.15) is 29.5 Å². The van der Waals surface area contributed by atoms with Crippen LogP contribution in [0.25, 0.3) is 10.6 Å². The van der Waals surface area contributed by atoms with Crippen LogP contribution in [-0.4, -0.2) is 26.2 Å². The number of hydrogen-bond acceptors (Lipinski definition) is 4. The zero-order chi connectivity index (χ0) is 15.0. The fourth-order valence-corrected chi connectivity index (χ4v) is 4.68. The van der Waals surface area contributed by atoms with Crippen LogP contribution in [-0.2, 0) is 11.2 Å². The van der Waals surface area contributed by atoms with Crippen LogP contribution in [0.3, 0.4) is 0 Å². The average Bonchev–Trinajstić information content (AvgIpc) is 2.90. The second-order valence-electron chi connectivity index (χ2n) is 5.51. The predicted octanol–water partition coefficient (Wildman–Crippen LogP) is 4.66. The maximum absolute atomic E-state index is 5.60. The van der Waals surface area contributed by atoms with Crippen molar-refractivity contribution in [1.29, 1.82) is 0 Å². The number of aryl methyl sites for hydroxylation is 1. The molecule has 1 aromatic carbocycles. The minimum absolute atomic E-state index is 0.226. The first-order chi connectivity index (χ1) is 10.1. The van der Waals surface area contributed by atoms with Gasteiger partial charge in [-0.25, -0.2) is 4.98 Å². The molecule has 3 rings (SSSR count). The van der Waals surface area contributed by atoms with Crippen LogP contribution in [0.5, 0.6) is 0 Å². The Morgan fingerprint density at radius 2 is 2.19 bits per heavy atom. The Kier molecular flexibility index (Phi) is 4.33. The number of halogens is 1. The lowest BCUT2D eigenvalue weighted by molar-refractivity contribution is 0.0908. The number of thiazole rings is 1. The maximum atomic E-state index is 5.60. The van der Waals surface area contributed by atoms with Crippen LogP contribution < -0.4 is 4.90 Å². The number of anilines is 1. The SMILES string of the molecule is COC1CCCc2nc(-c3ccc(N(C)C)c(Br)c3)sc21. The largest absolute Gasteiger partial charge is 0.377 e. The second kappa shape index (κ2) is 6.07. The minimum Gasteiger partial charge on any atom is -0.377 e. The van der Waals surface area contributed by atoms with Crippen molar-refractivity contribution >= 4 is 33.0 Å². The quantitative estimate of drug-likeness (QED) is 0.789. The van der Waals surface area contributed by atoms with Crippen LogP contribution >= 0.6 is 27.3 Å². The Bertz CT molecular complexity index is 654. The van der Waals surface area contributed by atoms with Gasteiger partial charge >= 0.3 is 0 Å². The van der Waals surface area contributed by atoms with E-state index >= 15 is 0 Å². The van der Waals surface area contributed by atoms with E-state index < -0.39 is 0 Å². The molecule has 1 heterocycles. The standard InChI is InChI=1S/C16H19BrN2OS/c1-19(2)13-8-7-10(9-11(13)17)16-18-12-5-4-6-14(20-3)15(12)21-16/h7-9,14H,4-6H2,1-3H3. The third-order valence-electron chi connectivity index (χ3n) is 3.86. The van der Waals surface area contributed by atoms with E-state index in [-0.39, 0.29) is 6.10 Å². The van der Waals surface area contributed by atoms with Gasteiger partial charge in [0.1, 0.15) is 5.01 Å². The zero-order valence-corrected chi connectivity index (χ0v) is 14.9. The van der Waals surface area contributed by atoms with Gasteiger partial charge in [0, 0.05) is 31.2 Å². The molecular formula is C16H19BrN2OS. The van der Waals surface area contributed by atoms with E-state index in [9.17, 15) is 0 Å². The van der Waals surface area contributed by atoms with Crippen molar-refractivity contribution in [2.24, 2.45) is 0 Å². The number of methoxy groups -OCH3 is 1. The summed E-state index contributed by atoms with van der Waals surface area (Å²) in [6, 6.07) is 6.43. The van der Waals surface area contributed by atoms with Gasteiger partial charge in [-0.15, -0.1) is 11.3 Å². The monoisotopic (exact) mass is 366 g/mol. The molecule has 0 N–H and O–H groups in total. The first-order valence-corrected chi connectivity index (χ1v) is 8.70. The van der Waals surface area contributed by atoms with E-state index in [2.05, 4.69) is 39.0 Å². The number of nitrogens with zero attached hydrogens (tertiary/aromatic N) is 2. The van der Waals surface area contributed by atoms with Gasteiger partial charge in [0.05, 0.1) is 22.4 Å². The van der Waals surface area contributed by atoms with Gasteiger partial charge in [0.25, 0.3) is 0 Å². The molecule has 5 heteroatoms. The Balaban J connectivity index is 1.98. The molecule has 0 spiro atoms. The summed E-state index contributed by atoms with van der Waals surface area (Å²) >= 11 is 5.43. The lowest BCUT2D eigenvalue weighted by Crippen LogP contribution is -2.09. The number of rotatable bonds is 3. The van der Waals surface area contributed by atoms with Gasteiger partial charge in [-0.1, -0.05) is 0 Å². The van der Waals surface area contributed by atoms with Crippen molar-refractivity contribution in [3.05, 3.63) is 33.2 Å². The summed E-state index contributed by atoms with van der Waals surface area (Å²) in [6.45, 7) is 0. The van der Waals surface area contributed by atoms with Crippen LogP contribution in [0.4, 0.5) is 5.69 Å². The number of fused-ring (bicyclic) bond motifs is 1. The second-order valence-corrected chi connectivity index (χ2v) is 7.39. The van der Waals surface area contributed by atoms with Crippen molar-refractivity contribution in [2.75, 3.05) is 26.1 Å². The van der Waals surface area contributed by atoms with Crippen molar-refractivity contribution in [2.45, 2.75) is 25.4 Å². The van der Waals surface area contributed by atoms with E-state index in [1.54, 1.807) is 18.4 Å². The van der Waals surface area contributed by atoms with Gasteiger partial charge in [0.2, 0.25) is 0 Å². The highest BCUT2D eigenvalue weighted by Gasteiger charge is 2.24. The minimum atomic E-state index is 0.226.